The summed E-state index contributed by atoms with van der Waals surface area (Å²) < 4.78 is 5.45. The molecule has 8 heteroatoms. The number of nitrogens with zero attached hydrogens (tertiary/aromatic N) is 2. The van der Waals surface area contributed by atoms with Crippen molar-refractivity contribution in [1.82, 2.24) is 15.1 Å². The zero-order chi connectivity index (χ0) is 21.6. The molecule has 2 N–H and O–H groups in total. The number of carbonyl (C=O) groups excluding carboxylic acids is 2. The topological polar surface area (TPSA) is 73.9 Å². The van der Waals surface area contributed by atoms with Gasteiger partial charge in [-0.25, -0.2) is 4.79 Å². The van der Waals surface area contributed by atoms with Gasteiger partial charge in [0.05, 0.1) is 24.5 Å². The van der Waals surface area contributed by atoms with Gasteiger partial charge in [-0.3, -0.25) is 9.69 Å². The molecule has 7 nitrogen and oxygen atoms in total. The quantitative estimate of drug-likeness (QED) is 0.714. The Morgan fingerprint density at radius 2 is 1.83 bits per heavy atom. The Morgan fingerprint density at radius 1 is 1.13 bits per heavy atom. The number of nitrogens with one attached hydrogen (secondary N) is 2. The lowest BCUT2D eigenvalue weighted by atomic mass is 9.95. The summed E-state index contributed by atoms with van der Waals surface area (Å²) in [5.41, 5.74) is 0.769. The molecule has 1 atom stereocenters. The molecule has 2 aliphatic rings. The van der Waals surface area contributed by atoms with Gasteiger partial charge in [-0.1, -0.05) is 18.5 Å². The summed E-state index contributed by atoms with van der Waals surface area (Å²) >= 11 is 6.15. The van der Waals surface area contributed by atoms with Crippen molar-refractivity contribution in [3.05, 3.63) is 28.8 Å². The van der Waals surface area contributed by atoms with Crippen molar-refractivity contribution in [2.75, 3.05) is 51.3 Å². The molecular formula is C22H33ClN4O3. The van der Waals surface area contributed by atoms with Gasteiger partial charge in [0, 0.05) is 43.3 Å². The van der Waals surface area contributed by atoms with E-state index in [-0.39, 0.29) is 17.5 Å². The second-order valence-electron chi connectivity index (χ2n) is 8.30. The number of hydrogen-bond acceptors (Lipinski definition) is 4. The monoisotopic (exact) mass is 436 g/mol. The number of benzene rings is 1. The van der Waals surface area contributed by atoms with Gasteiger partial charge < -0.3 is 20.3 Å². The van der Waals surface area contributed by atoms with Gasteiger partial charge >= 0.3 is 6.03 Å². The molecule has 0 aromatic heterocycles. The Labute approximate surface area is 184 Å². The van der Waals surface area contributed by atoms with Crippen LogP contribution in [0.5, 0.6) is 0 Å². The van der Waals surface area contributed by atoms with E-state index in [9.17, 15) is 9.59 Å². The number of hydrogen-bond donors (Lipinski definition) is 2. The minimum atomic E-state index is -0.335. The van der Waals surface area contributed by atoms with Crippen LogP contribution in [0.15, 0.2) is 18.2 Å². The fraction of sp³-hybridized carbons (Fsp3) is 0.636. The van der Waals surface area contributed by atoms with E-state index in [2.05, 4.69) is 29.4 Å². The van der Waals surface area contributed by atoms with Crippen LogP contribution in [0.4, 0.5) is 10.5 Å². The number of likely N-dealkylation sites (tertiary alicyclic amines) is 1. The van der Waals surface area contributed by atoms with Crippen molar-refractivity contribution < 1.29 is 14.3 Å². The fourth-order valence-corrected chi connectivity index (χ4v) is 4.25. The van der Waals surface area contributed by atoms with Crippen LogP contribution in [-0.4, -0.2) is 73.2 Å². The average molecular weight is 437 g/mol. The molecule has 1 unspecified atom stereocenters. The molecule has 1 aromatic rings. The summed E-state index contributed by atoms with van der Waals surface area (Å²) in [4.78, 5) is 29.9. The minimum absolute atomic E-state index is 0.0617. The van der Waals surface area contributed by atoms with Crippen molar-refractivity contribution in [1.29, 1.82) is 0 Å². The summed E-state index contributed by atoms with van der Waals surface area (Å²) in [7, 11) is 0. The number of halogens is 1. The molecule has 1 aromatic carbocycles. The van der Waals surface area contributed by atoms with Crippen molar-refractivity contribution in [3.8, 4) is 0 Å². The number of ether oxygens (including phenoxy) is 1. The van der Waals surface area contributed by atoms with E-state index in [1.807, 2.05) is 4.90 Å². The molecule has 0 bridgehead atoms. The molecule has 0 radical (unpaired) electrons. The highest BCUT2D eigenvalue weighted by atomic mass is 35.5. The zero-order valence-electron chi connectivity index (χ0n) is 18.0. The molecule has 2 heterocycles. The van der Waals surface area contributed by atoms with E-state index >= 15 is 0 Å². The van der Waals surface area contributed by atoms with Crippen LogP contribution in [0, 0.1) is 0 Å². The first kappa shape index (κ1) is 22.8. The molecular weight excluding hydrogens is 404 g/mol. The molecule has 3 amide bonds. The molecule has 0 aliphatic carbocycles. The van der Waals surface area contributed by atoms with Crippen LogP contribution in [-0.2, 0) is 4.74 Å². The van der Waals surface area contributed by atoms with Gasteiger partial charge in [-0.05, 0) is 50.8 Å². The second-order valence-corrected chi connectivity index (χ2v) is 8.74. The lowest BCUT2D eigenvalue weighted by Gasteiger charge is -2.43. The van der Waals surface area contributed by atoms with Crippen LogP contribution in [0.3, 0.4) is 0 Å². The molecule has 2 saturated heterocycles. The third-order valence-corrected chi connectivity index (χ3v) is 6.50. The van der Waals surface area contributed by atoms with Crippen LogP contribution in [0.2, 0.25) is 5.02 Å². The number of carbonyl (C=O) groups is 2. The number of piperidine rings is 1. The predicted molar refractivity (Wildman–Crippen MR) is 119 cm³/mol. The Bertz CT molecular complexity index is 748. The van der Waals surface area contributed by atoms with E-state index in [1.165, 1.54) is 0 Å². The van der Waals surface area contributed by atoms with Gasteiger partial charge in [-0.15, -0.1) is 0 Å². The minimum Gasteiger partial charge on any atom is -0.379 e. The maximum atomic E-state index is 13.0. The highest BCUT2D eigenvalue weighted by Crippen LogP contribution is 2.24. The van der Waals surface area contributed by atoms with Crippen LogP contribution in [0.1, 0.15) is 49.9 Å². The van der Waals surface area contributed by atoms with Gasteiger partial charge in [0.2, 0.25) is 0 Å². The second kappa shape index (κ2) is 10.5. The maximum absolute atomic E-state index is 13.0. The first-order valence-electron chi connectivity index (χ1n) is 10.9. The molecule has 166 valence electrons. The highest BCUT2D eigenvalue weighted by molar-refractivity contribution is 6.31. The summed E-state index contributed by atoms with van der Waals surface area (Å²) in [6, 6.07) is 4.69. The van der Waals surface area contributed by atoms with Gasteiger partial charge in [0.25, 0.3) is 5.91 Å². The van der Waals surface area contributed by atoms with Crippen LogP contribution >= 0.6 is 11.6 Å². The van der Waals surface area contributed by atoms with Crippen LogP contribution < -0.4 is 10.6 Å². The number of anilines is 1. The summed E-state index contributed by atoms with van der Waals surface area (Å²) in [6.45, 7) is 9.43. The standard InChI is InChI=1S/C22H33ClN4O3/c1-3-22(2,27-11-13-30-14-12-27)16-24-21(29)25-19-15-17(23)7-8-18(19)20(28)26-9-5-4-6-10-26/h7-8,15H,3-6,9-14,16H2,1-2H3,(H2,24,25,29). The molecule has 0 saturated carbocycles. The highest BCUT2D eigenvalue weighted by Gasteiger charge is 2.32. The molecule has 0 spiro atoms. The summed E-state index contributed by atoms with van der Waals surface area (Å²) in [5, 5.41) is 6.31. The number of rotatable bonds is 6. The third kappa shape index (κ3) is 5.65. The van der Waals surface area contributed by atoms with E-state index in [0.717, 1.165) is 51.9 Å². The molecule has 2 fully saturated rings. The van der Waals surface area contributed by atoms with Gasteiger partial charge in [0.1, 0.15) is 0 Å². The lowest BCUT2D eigenvalue weighted by molar-refractivity contribution is -0.0163. The van der Waals surface area contributed by atoms with E-state index in [4.69, 9.17) is 16.3 Å². The number of morpholine rings is 1. The first-order valence-corrected chi connectivity index (χ1v) is 11.3. The van der Waals surface area contributed by atoms with Gasteiger partial charge in [-0.2, -0.15) is 0 Å². The van der Waals surface area contributed by atoms with Crippen molar-refractivity contribution in [2.45, 2.75) is 45.1 Å². The predicted octanol–water partition coefficient (Wildman–Crippen LogP) is 3.59. The molecule has 2 aliphatic heterocycles. The van der Waals surface area contributed by atoms with Gasteiger partial charge in [0.15, 0.2) is 0 Å². The van der Waals surface area contributed by atoms with Crippen LogP contribution in [0.25, 0.3) is 0 Å². The Morgan fingerprint density at radius 3 is 2.50 bits per heavy atom. The normalized spacial score (nSPS) is 19.8. The molecule has 30 heavy (non-hydrogen) atoms. The summed E-state index contributed by atoms with van der Waals surface area (Å²) in [6.07, 6.45) is 4.08. The lowest BCUT2D eigenvalue weighted by Crippen LogP contribution is -2.57. The smallest absolute Gasteiger partial charge is 0.319 e. The number of amides is 3. The Kier molecular flexibility index (Phi) is 7.97. The SMILES string of the molecule is CCC(C)(CNC(=O)Nc1cc(Cl)ccc1C(=O)N1CCCCC1)N1CCOCC1. The fourth-order valence-electron chi connectivity index (χ4n) is 4.07. The zero-order valence-corrected chi connectivity index (χ0v) is 18.8. The van der Waals surface area contributed by atoms with Crippen molar-refractivity contribution in [3.63, 3.8) is 0 Å². The largest absolute Gasteiger partial charge is 0.379 e. The van der Waals surface area contributed by atoms with Crippen molar-refractivity contribution >= 4 is 29.2 Å². The first-order chi connectivity index (χ1) is 14.4. The van der Waals surface area contributed by atoms with E-state index in [1.54, 1.807) is 18.2 Å². The third-order valence-electron chi connectivity index (χ3n) is 6.27. The number of urea groups is 1. The van der Waals surface area contributed by atoms with E-state index in [0.29, 0.717) is 36.0 Å². The van der Waals surface area contributed by atoms with E-state index < -0.39 is 0 Å². The Balaban J connectivity index is 1.65. The average Bonchev–Trinajstić information content (AvgIpc) is 2.78. The summed E-state index contributed by atoms with van der Waals surface area (Å²) in [5.74, 6) is -0.0617. The van der Waals surface area contributed by atoms with Crippen molar-refractivity contribution in [2.24, 2.45) is 0 Å². The Hall–Kier alpha value is -1.83. The maximum Gasteiger partial charge on any atom is 0.319 e. The molecule has 3 rings (SSSR count).